The van der Waals surface area contributed by atoms with E-state index in [1.807, 2.05) is 74.1 Å². The van der Waals surface area contributed by atoms with E-state index in [0.29, 0.717) is 30.3 Å². The number of rotatable bonds is 8. The molecule has 1 amide bonds. The molecule has 3 aromatic rings. The number of nitrogens with zero attached hydrogens (tertiary/aromatic N) is 3. The lowest BCUT2D eigenvalue weighted by molar-refractivity contribution is 0.0787. The molecule has 1 heterocycles. The van der Waals surface area contributed by atoms with Crippen molar-refractivity contribution in [2.45, 2.75) is 26.8 Å². The molecular weight excluding hydrogens is 386 g/mol. The molecule has 0 unspecified atom stereocenters. The summed E-state index contributed by atoms with van der Waals surface area (Å²) in [6.07, 6.45) is 0.736. The van der Waals surface area contributed by atoms with Crippen molar-refractivity contribution in [3.05, 3.63) is 82.1 Å². The van der Waals surface area contributed by atoms with Crippen LogP contribution in [0.1, 0.15) is 33.7 Å². The standard InChI is InChI=1S/C23H26ClN3O2/c1-17-13-18(2)27(25-17)16-19-7-4-8-20(14-19)23(28)26(3)11-6-12-29-22-10-5-9-21(24)15-22/h4-5,7-10,13-15H,6,11-12,16H2,1-3H3. The molecule has 2 aromatic carbocycles. The van der Waals surface area contributed by atoms with Crippen LogP contribution in [0.3, 0.4) is 0 Å². The molecule has 0 aliphatic rings. The first-order valence-corrected chi connectivity index (χ1v) is 10.0. The largest absolute Gasteiger partial charge is 0.493 e. The first-order chi connectivity index (χ1) is 13.9. The Labute approximate surface area is 176 Å². The Balaban J connectivity index is 1.53. The van der Waals surface area contributed by atoms with Crippen molar-refractivity contribution in [1.29, 1.82) is 0 Å². The molecule has 0 saturated carbocycles. The third kappa shape index (κ3) is 5.84. The van der Waals surface area contributed by atoms with Gasteiger partial charge in [-0.15, -0.1) is 0 Å². The van der Waals surface area contributed by atoms with Crippen molar-refractivity contribution in [2.75, 3.05) is 20.2 Å². The third-order valence-electron chi connectivity index (χ3n) is 4.66. The highest BCUT2D eigenvalue weighted by atomic mass is 35.5. The van der Waals surface area contributed by atoms with E-state index in [-0.39, 0.29) is 5.91 Å². The van der Waals surface area contributed by atoms with Crippen molar-refractivity contribution in [3.63, 3.8) is 0 Å². The van der Waals surface area contributed by atoms with Crippen LogP contribution >= 0.6 is 11.6 Å². The monoisotopic (exact) mass is 411 g/mol. The Morgan fingerprint density at radius 2 is 1.93 bits per heavy atom. The van der Waals surface area contributed by atoms with E-state index in [2.05, 4.69) is 5.10 Å². The maximum atomic E-state index is 12.8. The van der Waals surface area contributed by atoms with Crippen LogP contribution in [0.15, 0.2) is 54.6 Å². The molecule has 0 radical (unpaired) electrons. The molecule has 0 aliphatic carbocycles. The fraction of sp³-hybridized carbons (Fsp3) is 0.304. The van der Waals surface area contributed by atoms with Gasteiger partial charge in [0.15, 0.2) is 0 Å². The zero-order chi connectivity index (χ0) is 20.8. The average Bonchev–Trinajstić information content (AvgIpc) is 3.01. The van der Waals surface area contributed by atoms with Gasteiger partial charge in [0.25, 0.3) is 5.91 Å². The number of aromatic nitrogens is 2. The van der Waals surface area contributed by atoms with Crippen LogP contribution < -0.4 is 4.74 Å². The number of carbonyl (C=O) groups is 1. The molecule has 0 aliphatic heterocycles. The van der Waals surface area contributed by atoms with Gasteiger partial charge in [0.2, 0.25) is 0 Å². The van der Waals surface area contributed by atoms with Crippen molar-refractivity contribution in [3.8, 4) is 5.75 Å². The molecule has 0 spiro atoms. The molecular formula is C23H26ClN3O2. The Morgan fingerprint density at radius 1 is 1.14 bits per heavy atom. The van der Waals surface area contributed by atoms with Gasteiger partial charge in [0.1, 0.15) is 5.75 Å². The lowest BCUT2D eigenvalue weighted by atomic mass is 10.1. The van der Waals surface area contributed by atoms with Crippen LogP contribution in [0.2, 0.25) is 5.02 Å². The third-order valence-corrected chi connectivity index (χ3v) is 4.89. The predicted octanol–water partition coefficient (Wildman–Crippen LogP) is 4.74. The second-order valence-electron chi connectivity index (χ2n) is 7.17. The molecule has 29 heavy (non-hydrogen) atoms. The molecule has 5 nitrogen and oxygen atoms in total. The van der Waals surface area contributed by atoms with Crippen molar-refractivity contribution >= 4 is 17.5 Å². The van der Waals surface area contributed by atoms with E-state index in [0.717, 1.165) is 29.1 Å². The molecule has 0 bridgehead atoms. The summed E-state index contributed by atoms with van der Waals surface area (Å²) in [5.74, 6) is 0.742. The summed E-state index contributed by atoms with van der Waals surface area (Å²) in [5, 5.41) is 5.14. The van der Waals surface area contributed by atoms with Gasteiger partial charge in [-0.1, -0.05) is 29.8 Å². The Hall–Kier alpha value is -2.79. The molecule has 6 heteroatoms. The minimum absolute atomic E-state index is 0.00275. The van der Waals surface area contributed by atoms with E-state index in [1.54, 1.807) is 11.0 Å². The van der Waals surface area contributed by atoms with Crippen LogP contribution in [0.25, 0.3) is 0 Å². The average molecular weight is 412 g/mol. The molecule has 152 valence electrons. The second-order valence-corrected chi connectivity index (χ2v) is 7.61. The summed E-state index contributed by atoms with van der Waals surface area (Å²) in [7, 11) is 1.81. The van der Waals surface area contributed by atoms with Gasteiger partial charge in [0.05, 0.1) is 18.8 Å². The molecule has 0 saturated heterocycles. The zero-order valence-corrected chi connectivity index (χ0v) is 17.8. The molecule has 3 rings (SSSR count). The van der Waals surface area contributed by atoms with Crippen LogP contribution in [0.5, 0.6) is 5.75 Å². The summed E-state index contributed by atoms with van der Waals surface area (Å²) < 4.78 is 7.64. The maximum absolute atomic E-state index is 12.8. The maximum Gasteiger partial charge on any atom is 0.253 e. The minimum atomic E-state index is 0.00275. The molecule has 0 N–H and O–H groups in total. The fourth-order valence-electron chi connectivity index (χ4n) is 3.18. The van der Waals surface area contributed by atoms with E-state index in [4.69, 9.17) is 16.3 Å². The number of hydrogen-bond donors (Lipinski definition) is 0. The van der Waals surface area contributed by atoms with Crippen LogP contribution in [-0.2, 0) is 6.54 Å². The number of amides is 1. The minimum Gasteiger partial charge on any atom is -0.493 e. The van der Waals surface area contributed by atoms with Gasteiger partial charge in [-0.05, 0) is 62.2 Å². The van der Waals surface area contributed by atoms with Crippen LogP contribution in [0.4, 0.5) is 0 Å². The van der Waals surface area contributed by atoms with E-state index >= 15 is 0 Å². The summed E-state index contributed by atoms with van der Waals surface area (Å²) >= 11 is 5.95. The second kappa shape index (κ2) is 9.61. The quantitative estimate of drug-likeness (QED) is 0.503. The topological polar surface area (TPSA) is 47.4 Å². The summed E-state index contributed by atoms with van der Waals surface area (Å²) in [5.41, 5.74) is 3.84. The van der Waals surface area contributed by atoms with Crippen molar-refractivity contribution < 1.29 is 9.53 Å². The van der Waals surface area contributed by atoms with Crippen molar-refractivity contribution in [2.24, 2.45) is 0 Å². The first-order valence-electron chi connectivity index (χ1n) is 9.66. The smallest absolute Gasteiger partial charge is 0.253 e. The van der Waals surface area contributed by atoms with Crippen LogP contribution in [-0.4, -0.2) is 40.8 Å². The summed E-state index contributed by atoms with van der Waals surface area (Å²) in [6.45, 7) is 5.80. The molecule has 0 atom stereocenters. The SMILES string of the molecule is Cc1cc(C)n(Cc2cccc(C(=O)N(C)CCCOc3cccc(Cl)c3)c2)n1. The van der Waals surface area contributed by atoms with Gasteiger partial charge in [-0.25, -0.2) is 0 Å². The van der Waals surface area contributed by atoms with Crippen molar-refractivity contribution in [1.82, 2.24) is 14.7 Å². The highest BCUT2D eigenvalue weighted by Crippen LogP contribution is 2.17. The van der Waals surface area contributed by atoms with Gasteiger partial charge in [0, 0.05) is 29.9 Å². The van der Waals surface area contributed by atoms with Gasteiger partial charge >= 0.3 is 0 Å². The Morgan fingerprint density at radius 3 is 2.66 bits per heavy atom. The number of hydrogen-bond acceptors (Lipinski definition) is 3. The highest BCUT2D eigenvalue weighted by molar-refractivity contribution is 6.30. The lowest BCUT2D eigenvalue weighted by Crippen LogP contribution is -2.28. The number of ether oxygens (including phenoxy) is 1. The summed E-state index contributed by atoms with van der Waals surface area (Å²) in [6, 6.07) is 17.1. The van der Waals surface area contributed by atoms with Gasteiger partial charge in [-0.2, -0.15) is 5.10 Å². The van der Waals surface area contributed by atoms with Gasteiger partial charge in [-0.3, -0.25) is 9.48 Å². The zero-order valence-electron chi connectivity index (χ0n) is 17.1. The first kappa shape index (κ1) is 20.9. The molecule has 0 fully saturated rings. The predicted molar refractivity (Wildman–Crippen MR) is 116 cm³/mol. The number of benzene rings is 2. The van der Waals surface area contributed by atoms with Gasteiger partial charge < -0.3 is 9.64 Å². The number of halogens is 1. The van der Waals surface area contributed by atoms with E-state index in [9.17, 15) is 4.79 Å². The van der Waals surface area contributed by atoms with Crippen LogP contribution in [0, 0.1) is 13.8 Å². The number of aryl methyl sites for hydroxylation is 2. The fourth-order valence-corrected chi connectivity index (χ4v) is 3.36. The Bertz CT molecular complexity index is 984. The van der Waals surface area contributed by atoms with E-state index in [1.165, 1.54) is 0 Å². The Kier molecular flexibility index (Phi) is 6.94. The molecule has 1 aromatic heterocycles. The lowest BCUT2D eigenvalue weighted by Gasteiger charge is -2.18. The summed E-state index contributed by atoms with van der Waals surface area (Å²) in [4.78, 5) is 14.5. The normalized spacial score (nSPS) is 10.8. The number of carbonyl (C=O) groups excluding carboxylic acids is 1. The van der Waals surface area contributed by atoms with E-state index < -0.39 is 0 Å². The highest BCUT2D eigenvalue weighted by Gasteiger charge is 2.12.